The molecular formula is C25H29F3N6O2. The van der Waals surface area contributed by atoms with Gasteiger partial charge in [0.05, 0.1) is 5.69 Å². The molecule has 0 spiro atoms. The number of piperazine rings is 1. The van der Waals surface area contributed by atoms with Crippen LogP contribution in [0, 0.1) is 0 Å². The maximum atomic E-state index is 12.8. The zero-order chi connectivity index (χ0) is 25.9. The third-order valence-corrected chi connectivity index (χ3v) is 6.22. The monoisotopic (exact) mass is 502 g/mol. The van der Waals surface area contributed by atoms with Crippen LogP contribution in [0.3, 0.4) is 0 Å². The third kappa shape index (κ3) is 5.78. The molecule has 1 amide bonds. The Labute approximate surface area is 206 Å². The summed E-state index contributed by atoms with van der Waals surface area (Å²) in [6.45, 7) is 4.66. The highest BCUT2D eigenvalue weighted by Gasteiger charge is 2.34. The SMILES string of the molecule is CC(C)n1cnn(-c2ccc(N3CCN(C(C(=O)NCC(F)(F)F)c4ccccc4)CC3)cc2)c1=O. The van der Waals surface area contributed by atoms with Crippen molar-refractivity contribution >= 4 is 11.6 Å². The molecule has 1 aliphatic heterocycles. The second-order valence-corrected chi connectivity index (χ2v) is 9.01. The van der Waals surface area contributed by atoms with Gasteiger partial charge in [0.1, 0.15) is 18.9 Å². The zero-order valence-electron chi connectivity index (χ0n) is 20.2. The molecule has 1 aromatic heterocycles. The Morgan fingerprint density at radius 1 is 0.972 bits per heavy atom. The number of benzene rings is 2. The smallest absolute Gasteiger partial charge is 0.369 e. The minimum absolute atomic E-state index is 0.0112. The number of anilines is 1. The van der Waals surface area contributed by atoms with Crippen molar-refractivity contribution in [2.24, 2.45) is 0 Å². The molecule has 1 aliphatic rings. The molecule has 192 valence electrons. The second kappa shape index (κ2) is 10.6. The quantitative estimate of drug-likeness (QED) is 0.537. The lowest BCUT2D eigenvalue weighted by Crippen LogP contribution is -2.51. The first-order valence-corrected chi connectivity index (χ1v) is 11.8. The molecule has 0 aliphatic carbocycles. The van der Waals surface area contributed by atoms with Gasteiger partial charge in [-0.25, -0.2) is 4.79 Å². The minimum Gasteiger partial charge on any atom is -0.369 e. The first-order valence-electron chi connectivity index (χ1n) is 11.8. The lowest BCUT2D eigenvalue weighted by molar-refractivity contribution is -0.142. The van der Waals surface area contributed by atoms with Crippen LogP contribution in [0.2, 0.25) is 0 Å². The van der Waals surface area contributed by atoms with E-state index < -0.39 is 24.7 Å². The lowest BCUT2D eigenvalue weighted by Gasteiger charge is -2.39. The van der Waals surface area contributed by atoms with Crippen molar-refractivity contribution in [2.45, 2.75) is 32.1 Å². The van der Waals surface area contributed by atoms with E-state index >= 15 is 0 Å². The molecule has 0 saturated carbocycles. The van der Waals surface area contributed by atoms with E-state index in [-0.39, 0.29) is 11.7 Å². The van der Waals surface area contributed by atoms with Crippen molar-refractivity contribution in [3.63, 3.8) is 0 Å². The fourth-order valence-electron chi connectivity index (χ4n) is 4.34. The third-order valence-electron chi connectivity index (χ3n) is 6.22. The molecule has 1 saturated heterocycles. The number of hydrogen-bond donors (Lipinski definition) is 1. The summed E-state index contributed by atoms with van der Waals surface area (Å²) >= 11 is 0. The van der Waals surface area contributed by atoms with Crippen LogP contribution in [0.5, 0.6) is 0 Å². The van der Waals surface area contributed by atoms with Crippen molar-refractivity contribution in [1.82, 2.24) is 24.6 Å². The number of nitrogens with zero attached hydrogens (tertiary/aromatic N) is 5. The number of carbonyl (C=O) groups is 1. The number of rotatable bonds is 7. The topological polar surface area (TPSA) is 75.4 Å². The highest BCUT2D eigenvalue weighted by molar-refractivity contribution is 5.83. The minimum atomic E-state index is -4.47. The molecule has 1 fully saturated rings. The van der Waals surface area contributed by atoms with Crippen LogP contribution < -0.4 is 15.9 Å². The van der Waals surface area contributed by atoms with Gasteiger partial charge in [-0.05, 0) is 43.7 Å². The Kier molecular flexibility index (Phi) is 7.48. The van der Waals surface area contributed by atoms with Gasteiger partial charge in [0.15, 0.2) is 0 Å². The van der Waals surface area contributed by atoms with E-state index in [1.54, 1.807) is 34.9 Å². The molecular weight excluding hydrogens is 473 g/mol. The lowest BCUT2D eigenvalue weighted by atomic mass is 10.0. The fourth-order valence-corrected chi connectivity index (χ4v) is 4.34. The molecule has 11 heteroatoms. The first kappa shape index (κ1) is 25.5. The molecule has 8 nitrogen and oxygen atoms in total. The molecule has 2 aromatic carbocycles. The predicted molar refractivity (Wildman–Crippen MR) is 130 cm³/mol. The Morgan fingerprint density at radius 2 is 1.58 bits per heavy atom. The van der Waals surface area contributed by atoms with Gasteiger partial charge in [-0.15, -0.1) is 0 Å². The molecule has 4 rings (SSSR count). The number of hydrogen-bond acceptors (Lipinski definition) is 5. The van der Waals surface area contributed by atoms with Crippen LogP contribution in [-0.4, -0.2) is 64.1 Å². The number of carbonyl (C=O) groups excluding carboxylic acids is 1. The fraction of sp³-hybridized carbons (Fsp3) is 0.400. The van der Waals surface area contributed by atoms with Crippen LogP contribution >= 0.6 is 0 Å². The number of halogens is 3. The van der Waals surface area contributed by atoms with Crippen molar-refractivity contribution in [3.8, 4) is 5.69 Å². The van der Waals surface area contributed by atoms with Crippen LogP contribution in [0.4, 0.5) is 18.9 Å². The summed E-state index contributed by atoms with van der Waals surface area (Å²) in [4.78, 5) is 29.4. The van der Waals surface area contributed by atoms with Crippen molar-refractivity contribution in [1.29, 1.82) is 0 Å². The van der Waals surface area contributed by atoms with Crippen molar-refractivity contribution in [3.05, 3.63) is 77.0 Å². The van der Waals surface area contributed by atoms with Gasteiger partial charge >= 0.3 is 11.9 Å². The molecule has 0 bridgehead atoms. The van der Waals surface area contributed by atoms with Gasteiger partial charge < -0.3 is 10.2 Å². The van der Waals surface area contributed by atoms with Gasteiger partial charge in [-0.1, -0.05) is 30.3 Å². The largest absolute Gasteiger partial charge is 0.405 e. The highest BCUT2D eigenvalue weighted by Crippen LogP contribution is 2.26. The molecule has 2 heterocycles. The molecule has 1 atom stereocenters. The van der Waals surface area contributed by atoms with E-state index in [0.717, 1.165) is 5.69 Å². The average Bonchev–Trinajstić information content (AvgIpc) is 3.25. The van der Waals surface area contributed by atoms with Crippen LogP contribution in [0.1, 0.15) is 31.5 Å². The highest BCUT2D eigenvalue weighted by atomic mass is 19.4. The summed E-state index contributed by atoms with van der Waals surface area (Å²) < 4.78 is 41.0. The van der Waals surface area contributed by atoms with E-state index in [9.17, 15) is 22.8 Å². The normalized spacial score (nSPS) is 15.8. The predicted octanol–water partition coefficient (Wildman–Crippen LogP) is 3.16. The van der Waals surface area contributed by atoms with Crippen molar-refractivity contribution < 1.29 is 18.0 Å². The van der Waals surface area contributed by atoms with E-state index in [1.807, 2.05) is 48.3 Å². The summed E-state index contributed by atoms with van der Waals surface area (Å²) in [5, 5.41) is 6.23. The van der Waals surface area contributed by atoms with Gasteiger partial charge in [-0.3, -0.25) is 14.3 Å². The molecule has 1 unspecified atom stereocenters. The molecule has 0 radical (unpaired) electrons. The summed E-state index contributed by atoms with van der Waals surface area (Å²) in [7, 11) is 0. The standard InChI is InChI=1S/C25H29F3N6O2/c1-18(2)33-17-30-34(24(33)36)21-10-8-20(9-11-21)31-12-14-32(15-13-31)22(19-6-4-3-5-7-19)23(35)29-16-25(26,27)28/h3-11,17-18,22H,12-16H2,1-2H3,(H,29,35). The molecule has 1 N–H and O–H groups in total. The van der Waals surface area contributed by atoms with E-state index in [1.165, 1.54) is 11.0 Å². The van der Waals surface area contributed by atoms with Crippen LogP contribution in [0.25, 0.3) is 5.69 Å². The second-order valence-electron chi connectivity index (χ2n) is 9.01. The molecule has 3 aromatic rings. The van der Waals surface area contributed by atoms with E-state index in [4.69, 9.17) is 0 Å². The first-order chi connectivity index (χ1) is 17.1. The summed E-state index contributed by atoms with van der Waals surface area (Å²) in [6.07, 6.45) is -2.95. The average molecular weight is 503 g/mol. The van der Waals surface area contributed by atoms with E-state index in [2.05, 4.69) is 10.00 Å². The Bertz CT molecular complexity index is 1210. The number of alkyl halides is 3. The Balaban J connectivity index is 1.44. The van der Waals surface area contributed by atoms with Crippen LogP contribution in [0.15, 0.2) is 65.7 Å². The van der Waals surface area contributed by atoms with Gasteiger partial charge in [0.25, 0.3) is 0 Å². The summed E-state index contributed by atoms with van der Waals surface area (Å²) in [6, 6.07) is 15.6. The zero-order valence-corrected chi connectivity index (χ0v) is 20.2. The maximum Gasteiger partial charge on any atom is 0.405 e. The number of amides is 1. The van der Waals surface area contributed by atoms with Gasteiger partial charge in [0, 0.05) is 37.9 Å². The van der Waals surface area contributed by atoms with Gasteiger partial charge in [-0.2, -0.15) is 23.0 Å². The maximum absolute atomic E-state index is 12.8. The van der Waals surface area contributed by atoms with Crippen molar-refractivity contribution in [2.75, 3.05) is 37.6 Å². The summed E-state index contributed by atoms with van der Waals surface area (Å²) in [5.74, 6) is -0.664. The number of nitrogens with one attached hydrogen (secondary N) is 1. The Hall–Kier alpha value is -3.60. The molecule has 36 heavy (non-hydrogen) atoms. The Morgan fingerprint density at radius 3 is 2.14 bits per heavy atom. The van der Waals surface area contributed by atoms with Gasteiger partial charge in [0.2, 0.25) is 5.91 Å². The summed E-state index contributed by atoms with van der Waals surface area (Å²) in [5.41, 5.74) is 2.06. The number of aromatic nitrogens is 3. The van der Waals surface area contributed by atoms with Crippen LogP contribution in [-0.2, 0) is 4.79 Å². The van der Waals surface area contributed by atoms with E-state index in [0.29, 0.717) is 37.4 Å².